The van der Waals surface area contributed by atoms with E-state index in [9.17, 15) is 0 Å². The Morgan fingerprint density at radius 3 is 2.28 bits per heavy atom. The Morgan fingerprint density at radius 2 is 1.72 bits per heavy atom. The summed E-state index contributed by atoms with van der Waals surface area (Å²) < 4.78 is 2.18. The summed E-state index contributed by atoms with van der Waals surface area (Å²) in [5.41, 5.74) is 6.76. The number of carboxylic acids is 2. The highest BCUT2D eigenvalue weighted by Gasteiger charge is 2.04. The third kappa shape index (κ3) is 3.60. The molecule has 96 valence electrons. The summed E-state index contributed by atoms with van der Waals surface area (Å²) in [4.78, 5) is 18.2. The van der Waals surface area contributed by atoms with Gasteiger partial charge in [-0.2, -0.15) is 0 Å². The van der Waals surface area contributed by atoms with Crippen molar-refractivity contribution in [3.05, 3.63) is 36.5 Å². The molecular formula is C12H14N2O4. The molecule has 0 aliphatic heterocycles. The van der Waals surface area contributed by atoms with Crippen molar-refractivity contribution in [2.45, 2.75) is 6.54 Å². The van der Waals surface area contributed by atoms with Crippen LogP contribution >= 0.6 is 0 Å². The zero-order valence-electron chi connectivity index (χ0n) is 9.61. The molecule has 6 heteroatoms. The third-order valence-corrected chi connectivity index (χ3v) is 2.23. The lowest BCUT2D eigenvalue weighted by atomic mass is 10.2. The lowest BCUT2D eigenvalue weighted by Gasteiger charge is -2.01. The van der Waals surface area contributed by atoms with Gasteiger partial charge in [-0.1, -0.05) is 18.2 Å². The highest BCUT2D eigenvalue weighted by molar-refractivity contribution is 6.27. The quantitative estimate of drug-likeness (QED) is 0.682. The Labute approximate surface area is 103 Å². The number of aliphatic carboxylic acids is 2. The Bertz CT molecular complexity index is 536. The van der Waals surface area contributed by atoms with Crippen molar-refractivity contribution >= 4 is 22.8 Å². The number of fused-ring (bicyclic) bond motifs is 1. The van der Waals surface area contributed by atoms with Gasteiger partial charge in [-0.15, -0.1) is 0 Å². The number of benzene rings is 1. The third-order valence-electron chi connectivity index (χ3n) is 2.23. The van der Waals surface area contributed by atoms with E-state index in [-0.39, 0.29) is 0 Å². The van der Waals surface area contributed by atoms with Crippen molar-refractivity contribution in [1.29, 1.82) is 0 Å². The number of hydrogen-bond donors (Lipinski definition) is 3. The topological polar surface area (TPSA) is 106 Å². The molecule has 0 bridgehead atoms. The Morgan fingerprint density at radius 1 is 1.11 bits per heavy atom. The van der Waals surface area contributed by atoms with Gasteiger partial charge in [0, 0.05) is 24.8 Å². The second-order valence-electron chi connectivity index (χ2n) is 3.47. The van der Waals surface area contributed by atoms with Crippen LogP contribution in [0, 0.1) is 0 Å². The molecule has 1 aromatic carbocycles. The van der Waals surface area contributed by atoms with E-state index < -0.39 is 11.9 Å². The number of hydrogen-bond acceptors (Lipinski definition) is 3. The van der Waals surface area contributed by atoms with E-state index in [4.69, 9.17) is 25.5 Å². The molecule has 0 atom stereocenters. The summed E-state index contributed by atoms with van der Waals surface area (Å²) in [6, 6.07) is 10.4. The van der Waals surface area contributed by atoms with Crippen molar-refractivity contribution in [3.8, 4) is 0 Å². The maximum atomic E-state index is 9.10. The Balaban J connectivity index is 0.000000232. The Hall–Kier alpha value is -2.34. The molecule has 4 N–H and O–H groups in total. The number of nitrogens with two attached hydrogens (primary N) is 1. The van der Waals surface area contributed by atoms with Gasteiger partial charge in [-0.3, -0.25) is 0 Å². The lowest BCUT2D eigenvalue weighted by Crippen LogP contribution is -2.09. The number of para-hydroxylation sites is 1. The van der Waals surface area contributed by atoms with Gasteiger partial charge in [0.2, 0.25) is 0 Å². The zero-order valence-corrected chi connectivity index (χ0v) is 9.61. The molecule has 1 aromatic heterocycles. The van der Waals surface area contributed by atoms with E-state index in [2.05, 4.69) is 41.1 Å². The van der Waals surface area contributed by atoms with Gasteiger partial charge in [0.25, 0.3) is 0 Å². The highest BCUT2D eigenvalue weighted by atomic mass is 16.4. The molecule has 0 saturated carbocycles. The van der Waals surface area contributed by atoms with Crippen LogP contribution in [0.15, 0.2) is 36.5 Å². The van der Waals surface area contributed by atoms with Crippen LogP contribution in [0.25, 0.3) is 10.9 Å². The van der Waals surface area contributed by atoms with Crippen LogP contribution in [0.5, 0.6) is 0 Å². The minimum absolute atomic E-state index is 0.693. The van der Waals surface area contributed by atoms with Crippen LogP contribution in [0.4, 0.5) is 0 Å². The maximum absolute atomic E-state index is 9.10. The molecule has 2 rings (SSSR count). The molecule has 0 saturated heterocycles. The van der Waals surface area contributed by atoms with Crippen LogP contribution in [-0.4, -0.2) is 33.3 Å². The number of nitrogens with zero attached hydrogens (tertiary/aromatic N) is 1. The molecule has 0 fully saturated rings. The van der Waals surface area contributed by atoms with Gasteiger partial charge in [0.05, 0.1) is 0 Å². The first kappa shape index (κ1) is 13.7. The van der Waals surface area contributed by atoms with Crippen LogP contribution in [0.3, 0.4) is 0 Å². The molecule has 2 aromatic rings. The van der Waals surface area contributed by atoms with E-state index in [1.165, 1.54) is 10.9 Å². The Kier molecular flexibility index (Phi) is 4.89. The van der Waals surface area contributed by atoms with E-state index in [0.29, 0.717) is 6.54 Å². The summed E-state index contributed by atoms with van der Waals surface area (Å²) in [5, 5.41) is 16.1. The van der Waals surface area contributed by atoms with Crippen molar-refractivity contribution in [2.24, 2.45) is 5.73 Å². The van der Waals surface area contributed by atoms with Crippen molar-refractivity contribution < 1.29 is 19.8 Å². The number of carbonyl (C=O) groups is 2. The first-order chi connectivity index (χ1) is 8.56. The fourth-order valence-electron chi connectivity index (χ4n) is 1.47. The van der Waals surface area contributed by atoms with Crippen LogP contribution < -0.4 is 5.73 Å². The fraction of sp³-hybridized carbons (Fsp3) is 0.167. The van der Waals surface area contributed by atoms with Gasteiger partial charge in [-0.25, -0.2) is 9.59 Å². The van der Waals surface area contributed by atoms with Crippen LogP contribution in [-0.2, 0) is 16.1 Å². The van der Waals surface area contributed by atoms with Gasteiger partial charge < -0.3 is 20.5 Å². The number of rotatable bonds is 2. The SMILES string of the molecule is NCCn1ccc2ccccc21.O=C(O)C(=O)O. The second-order valence-corrected chi connectivity index (χ2v) is 3.47. The zero-order chi connectivity index (χ0) is 13.5. The molecule has 6 nitrogen and oxygen atoms in total. The smallest absolute Gasteiger partial charge is 0.414 e. The van der Waals surface area contributed by atoms with Crippen molar-refractivity contribution in [2.75, 3.05) is 6.54 Å². The lowest BCUT2D eigenvalue weighted by molar-refractivity contribution is -0.159. The van der Waals surface area contributed by atoms with E-state index in [1.807, 2.05) is 0 Å². The summed E-state index contributed by atoms with van der Waals surface area (Å²) in [7, 11) is 0. The van der Waals surface area contributed by atoms with E-state index in [1.54, 1.807) is 0 Å². The standard InChI is InChI=1S/C10H12N2.C2H2O4/c11-6-8-12-7-5-9-3-1-2-4-10(9)12;3-1(4)2(5)6/h1-5,7H,6,8,11H2;(H,3,4)(H,5,6). The van der Waals surface area contributed by atoms with Crippen LogP contribution in [0.2, 0.25) is 0 Å². The fourth-order valence-corrected chi connectivity index (χ4v) is 1.47. The predicted octanol–water partition coefficient (Wildman–Crippen LogP) is 0.756. The highest BCUT2D eigenvalue weighted by Crippen LogP contribution is 2.14. The predicted molar refractivity (Wildman–Crippen MR) is 66.3 cm³/mol. The summed E-state index contributed by atoms with van der Waals surface area (Å²) in [5.74, 6) is -3.65. The molecule has 0 amide bonds. The molecule has 0 spiro atoms. The largest absolute Gasteiger partial charge is 0.473 e. The average Bonchev–Trinajstić information content (AvgIpc) is 2.74. The van der Waals surface area contributed by atoms with Gasteiger partial charge >= 0.3 is 11.9 Å². The summed E-state index contributed by atoms with van der Waals surface area (Å²) in [6.45, 7) is 1.59. The minimum Gasteiger partial charge on any atom is -0.473 e. The molecular weight excluding hydrogens is 236 g/mol. The van der Waals surface area contributed by atoms with Gasteiger partial charge in [0.1, 0.15) is 0 Å². The van der Waals surface area contributed by atoms with Crippen molar-refractivity contribution in [3.63, 3.8) is 0 Å². The molecule has 1 heterocycles. The minimum atomic E-state index is -1.82. The second kappa shape index (κ2) is 6.41. The molecule has 0 unspecified atom stereocenters. The van der Waals surface area contributed by atoms with Crippen molar-refractivity contribution in [1.82, 2.24) is 4.57 Å². The monoisotopic (exact) mass is 250 g/mol. The average molecular weight is 250 g/mol. The first-order valence-electron chi connectivity index (χ1n) is 5.26. The van der Waals surface area contributed by atoms with Crippen LogP contribution in [0.1, 0.15) is 0 Å². The van der Waals surface area contributed by atoms with Gasteiger partial charge in [0.15, 0.2) is 0 Å². The summed E-state index contributed by atoms with van der Waals surface area (Å²) >= 11 is 0. The normalized spacial score (nSPS) is 9.61. The summed E-state index contributed by atoms with van der Waals surface area (Å²) in [6.07, 6.45) is 2.08. The molecule has 0 radical (unpaired) electrons. The van der Waals surface area contributed by atoms with Gasteiger partial charge in [-0.05, 0) is 17.5 Å². The maximum Gasteiger partial charge on any atom is 0.414 e. The van der Waals surface area contributed by atoms with E-state index >= 15 is 0 Å². The van der Waals surface area contributed by atoms with E-state index in [0.717, 1.165) is 6.54 Å². The first-order valence-corrected chi connectivity index (χ1v) is 5.26. The number of carboxylic acid groups (broad SMARTS) is 2. The molecule has 0 aliphatic rings. The molecule has 18 heavy (non-hydrogen) atoms. The molecule has 0 aliphatic carbocycles. The number of aromatic nitrogens is 1.